The van der Waals surface area contributed by atoms with Crippen LogP contribution in [0.1, 0.15) is 27.8 Å². The van der Waals surface area contributed by atoms with E-state index in [1.54, 1.807) is 24.3 Å². The Labute approximate surface area is 162 Å². The fourth-order valence-corrected chi connectivity index (χ4v) is 3.14. The monoisotopic (exact) mass is 376 g/mol. The van der Waals surface area contributed by atoms with Crippen LogP contribution in [0.2, 0.25) is 0 Å². The number of Topliss-reactive ketones (excluding diaryl/α,β-unsaturated/α-hetero) is 1. The highest BCUT2D eigenvalue weighted by molar-refractivity contribution is 6.07. The van der Waals surface area contributed by atoms with E-state index in [0.29, 0.717) is 48.9 Å². The van der Waals surface area contributed by atoms with E-state index in [-0.39, 0.29) is 17.4 Å². The Morgan fingerprint density at radius 3 is 2.43 bits per heavy atom. The number of benzene rings is 2. The lowest BCUT2D eigenvalue weighted by Crippen LogP contribution is -2.38. The standard InChI is InChI=1S/C21H20N4O3/c1-14(26)15-5-4-6-16(13-15)22-21(27)19-20(25-9-11-28-12-10-25)24-18-8-3-2-7-17(18)23-19/h2-8,13H,9-12H2,1H3,(H,22,27). The molecule has 2 aromatic carbocycles. The van der Waals surface area contributed by atoms with Crippen LogP contribution in [0.25, 0.3) is 11.0 Å². The third kappa shape index (κ3) is 3.70. The number of amides is 1. The number of nitrogens with one attached hydrogen (secondary N) is 1. The minimum Gasteiger partial charge on any atom is -0.378 e. The molecule has 0 atom stereocenters. The first-order valence-electron chi connectivity index (χ1n) is 9.13. The number of hydrogen-bond donors (Lipinski definition) is 1. The molecule has 1 fully saturated rings. The molecule has 142 valence electrons. The Bertz CT molecular complexity index is 1040. The summed E-state index contributed by atoms with van der Waals surface area (Å²) in [7, 11) is 0. The second-order valence-corrected chi connectivity index (χ2v) is 6.58. The summed E-state index contributed by atoms with van der Waals surface area (Å²) in [5.74, 6) is 0.123. The van der Waals surface area contributed by atoms with Crippen LogP contribution in [0, 0.1) is 0 Å². The maximum atomic E-state index is 13.0. The van der Waals surface area contributed by atoms with Gasteiger partial charge in [0, 0.05) is 24.3 Å². The summed E-state index contributed by atoms with van der Waals surface area (Å²) in [6.07, 6.45) is 0. The number of nitrogens with zero attached hydrogens (tertiary/aromatic N) is 3. The molecule has 1 aliphatic heterocycles. The Balaban J connectivity index is 1.72. The molecule has 1 aliphatic rings. The van der Waals surface area contributed by atoms with Gasteiger partial charge in [-0.1, -0.05) is 24.3 Å². The van der Waals surface area contributed by atoms with E-state index in [2.05, 4.69) is 10.3 Å². The van der Waals surface area contributed by atoms with Crippen molar-refractivity contribution in [1.82, 2.24) is 9.97 Å². The Morgan fingerprint density at radius 1 is 1.00 bits per heavy atom. The van der Waals surface area contributed by atoms with E-state index in [0.717, 1.165) is 5.52 Å². The van der Waals surface area contributed by atoms with E-state index in [4.69, 9.17) is 9.72 Å². The molecule has 0 unspecified atom stereocenters. The first-order chi connectivity index (χ1) is 13.6. The Hall–Kier alpha value is -3.32. The molecule has 0 bridgehead atoms. The molecule has 0 radical (unpaired) electrons. The van der Waals surface area contributed by atoms with E-state index < -0.39 is 0 Å². The maximum absolute atomic E-state index is 13.0. The van der Waals surface area contributed by atoms with E-state index in [1.165, 1.54) is 6.92 Å². The van der Waals surface area contributed by atoms with Crippen LogP contribution < -0.4 is 10.2 Å². The molecule has 7 nitrogen and oxygen atoms in total. The van der Waals surface area contributed by atoms with Crippen molar-refractivity contribution in [3.05, 3.63) is 59.8 Å². The topological polar surface area (TPSA) is 84.4 Å². The molecule has 1 amide bonds. The highest BCUT2D eigenvalue weighted by Crippen LogP contribution is 2.23. The number of hydrogen-bond acceptors (Lipinski definition) is 6. The van der Waals surface area contributed by atoms with Gasteiger partial charge in [0.15, 0.2) is 17.3 Å². The van der Waals surface area contributed by atoms with Gasteiger partial charge in [-0.15, -0.1) is 0 Å². The third-order valence-corrected chi connectivity index (χ3v) is 4.60. The van der Waals surface area contributed by atoms with Crippen molar-refractivity contribution in [2.24, 2.45) is 0 Å². The van der Waals surface area contributed by atoms with Gasteiger partial charge < -0.3 is 15.0 Å². The smallest absolute Gasteiger partial charge is 0.278 e. The molecular formula is C21H20N4O3. The number of carbonyl (C=O) groups is 2. The van der Waals surface area contributed by atoms with Crippen molar-refractivity contribution in [3.8, 4) is 0 Å². The molecule has 28 heavy (non-hydrogen) atoms. The minimum atomic E-state index is -0.361. The number of para-hydroxylation sites is 2. The second kappa shape index (κ2) is 7.74. The van der Waals surface area contributed by atoms with Gasteiger partial charge in [0.2, 0.25) is 0 Å². The van der Waals surface area contributed by atoms with Crippen LogP contribution in [0.4, 0.5) is 11.5 Å². The maximum Gasteiger partial charge on any atom is 0.278 e. The number of ketones is 1. The van der Waals surface area contributed by atoms with Crippen molar-refractivity contribution < 1.29 is 14.3 Å². The zero-order valence-corrected chi connectivity index (χ0v) is 15.5. The Morgan fingerprint density at radius 2 is 1.71 bits per heavy atom. The normalized spacial score (nSPS) is 14.1. The fourth-order valence-electron chi connectivity index (χ4n) is 3.14. The highest BCUT2D eigenvalue weighted by atomic mass is 16.5. The quantitative estimate of drug-likeness (QED) is 0.705. The molecule has 1 N–H and O–H groups in total. The van der Waals surface area contributed by atoms with Crippen LogP contribution in [-0.4, -0.2) is 48.0 Å². The molecule has 4 rings (SSSR count). The lowest BCUT2D eigenvalue weighted by molar-refractivity contribution is 0.100. The van der Waals surface area contributed by atoms with Crippen molar-refractivity contribution in [3.63, 3.8) is 0 Å². The summed E-state index contributed by atoms with van der Waals surface area (Å²) in [5.41, 5.74) is 2.73. The molecule has 0 saturated carbocycles. The number of carbonyl (C=O) groups excluding carboxylic acids is 2. The Kier molecular flexibility index (Phi) is 4.99. The third-order valence-electron chi connectivity index (χ3n) is 4.60. The van der Waals surface area contributed by atoms with E-state index in [9.17, 15) is 9.59 Å². The minimum absolute atomic E-state index is 0.0596. The SMILES string of the molecule is CC(=O)c1cccc(NC(=O)c2nc3ccccc3nc2N2CCOCC2)c1. The average molecular weight is 376 g/mol. The predicted octanol–water partition coefficient (Wildman–Crippen LogP) is 2.92. The van der Waals surface area contributed by atoms with Crippen LogP contribution in [0.5, 0.6) is 0 Å². The van der Waals surface area contributed by atoms with Gasteiger partial charge in [0.1, 0.15) is 0 Å². The summed E-state index contributed by atoms with van der Waals surface area (Å²) in [6.45, 7) is 3.94. The molecule has 3 aromatic rings. The molecule has 1 saturated heterocycles. The van der Waals surface area contributed by atoms with E-state index >= 15 is 0 Å². The van der Waals surface area contributed by atoms with Crippen LogP contribution >= 0.6 is 0 Å². The largest absolute Gasteiger partial charge is 0.378 e. The summed E-state index contributed by atoms with van der Waals surface area (Å²) >= 11 is 0. The number of ether oxygens (including phenoxy) is 1. The van der Waals surface area contributed by atoms with Crippen molar-refractivity contribution in [2.75, 3.05) is 36.5 Å². The molecule has 1 aromatic heterocycles. The van der Waals surface area contributed by atoms with Crippen LogP contribution in [0.15, 0.2) is 48.5 Å². The summed E-state index contributed by atoms with van der Waals surface area (Å²) in [4.78, 5) is 36.0. The molecule has 0 spiro atoms. The molecule has 0 aliphatic carbocycles. The highest BCUT2D eigenvalue weighted by Gasteiger charge is 2.23. The number of rotatable bonds is 4. The molecule has 7 heteroatoms. The predicted molar refractivity (Wildman–Crippen MR) is 107 cm³/mol. The van der Waals surface area contributed by atoms with Crippen molar-refractivity contribution in [1.29, 1.82) is 0 Å². The summed E-state index contributed by atoms with van der Waals surface area (Å²) in [5, 5.41) is 2.85. The van der Waals surface area contributed by atoms with Gasteiger partial charge in [-0.2, -0.15) is 0 Å². The number of morpholine rings is 1. The number of aromatic nitrogens is 2. The molecular weight excluding hydrogens is 356 g/mol. The summed E-state index contributed by atoms with van der Waals surface area (Å²) < 4.78 is 5.42. The zero-order valence-electron chi connectivity index (χ0n) is 15.5. The fraction of sp³-hybridized carbons (Fsp3) is 0.238. The summed E-state index contributed by atoms with van der Waals surface area (Å²) in [6, 6.07) is 14.3. The zero-order chi connectivity index (χ0) is 19.5. The average Bonchev–Trinajstić information content (AvgIpc) is 2.73. The lowest BCUT2D eigenvalue weighted by atomic mass is 10.1. The molecule has 2 heterocycles. The van der Waals surface area contributed by atoms with Gasteiger partial charge in [-0.05, 0) is 31.2 Å². The number of anilines is 2. The van der Waals surface area contributed by atoms with Crippen LogP contribution in [0.3, 0.4) is 0 Å². The first-order valence-corrected chi connectivity index (χ1v) is 9.13. The van der Waals surface area contributed by atoms with Gasteiger partial charge >= 0.3 is 0 Å². The van der Waals surface area contributed by atoms with Crippen molar-refractivity contribution in [2.45, 2.75) is 6.92 Å². The van der Waals surface area contributed by atoms with Gasteiger partial charge in [-0.25, -0.2) is 9.97 Å². The van der Waals surface area contributed by atoms with Gasteiger partial charge in [0.05, 0.1) is 24.2 Å². The van der Waals surface area contributed by atoms with Gasteiger partial charge in [-0.3, -0.25) is 9.59 Å². The van der Waals surface area contributed by atoms with Gasteiger partial charge in [0.25, 0.3) is 5.91 Å². The van der Waals surface area contributed by atoms with Crippen molar-refractivity contribution >= 4 is 34.2 Å². The second-order valence-electron chi connectivity index (χ2n) is 6.58. The lowest BCUT2D eigenvalue weighted by Gasteiger charge is -2.29. The van der Waals surface area contributed by atoms with E-state index in [1.807, 2.05) is 29.2 Å². The van der Waals surface area contributed by atoms with Crippen LogP contribution in [-0.2, 0) is 4.74 Å². The first kappa shape index (κ1) is 18.1. The number of fused-ring (bicyclic) bond motifs is 1.